The Bertz CT molecular complexity index is 1580. The van der Waals surface area contributed by atoms with Gasteiger partial charge in [0, 0.05) is 55.1 Å². The number of nitrogens with two attached hydrogens (primary N) is 1. The molecule has 0 radical (unpaired) electrons. The number of aliphatic hydroxyl groups excluding tert-OH is 1. The number of carbonyl (C=O) groups is 1. The fourth-order valence-electron chi connectivity index (χ4n) is 5.00. The molecule has 0 spiro atoms. The molecule has 6 heterocycles. The number of nitrogen functional groups attached to an aromatic ring is 1. The van der Waals surface area contributed by atoms with Gasteiger partial charge in [0.05, 0.1) is 22.6 Å². The number of likely N-dealkylation sites (N-methyl/N-ethyl adjacent to an activating group) is 1. The molecule has 0 saturated heterocycles. The lowest BCUT2D eigenvalue weighted by molar-refractivity contribution is -0.130. The van der Waals surface area contributed by atoms with Crippen molar-refractivity contribution in [1.29, 1.82) is 0 Å². The summed E-state index contributed by atoms with van der Waals surface area (Å²) in [5, 5.41) is 23.4. The average Bonchev–Trinajstić information content (AvgIpc) is 3.29. The van der Waals surface area contributed by atoms with E-state index in [1.54, 1.807) is 22.0 Å². The first-order valence-corrected chi connectivity index (χ1v) is 12.2. The third kappa shape index (κ3) is 3.82. The van der Waals surface area contributed by atoms with Gasteiger partial charge in [-0.25, -0.2) is 9.97 Å². The number of amides is 1. The molecule has 0 fully saturated rings. The maximum Gasteiger partial charge on any atom is 0.244 e. The number of carbonyl (C=O) groups excluding carboxylic acids is 1. The molecule has 0 saturated carbocycles. The van der Waals surface area contributed by atoms with E-state index in [1.165, 1.54) is 0 Å². The molecule has 11 nitrogen and oxygen atoms in total. The van der Waals surface area contributed by atoms with Crippen LogP contribution in [0.15, 0.2) is 30.6 Å². The first kappa shape index (κ1) is 23.2. The molecule has 1 amide bonds. The summed E-state index contributed by atoms with van der Waals surface area (Å²) in [4.78, 5) is 27.6. The zero-order chi connectivity index (χ0) is 26.1. The highest BCUT2D eigenvalue weighted by Crippen LogP contribution is 2.43. The van der Waals surface area contributed by atoms with Gasteiger partial charge in [-0.05, 0) is 43.9 Å². The molecular formula is C26H29N9O2. The molecule has 190 valence electrons. The monoisotopic (exact) mass is 499 g/mol. The van der Waals surface area contributed by atoms with Gasteiger partial charge in [-0.3, -0.25) is 14.5 Å². The molecular weight excluding hydrogens is 470 g/mol. The number of nitrogens with one attached hydrogen (secondary N) is 2. The van der Waals surface area contributed by atoms with E-state index in [2.05, 4.69) is 30.7 Å². The predicted octanol–water partition coefficient (Wildman–Crippen LogP) is 2.77. The van der Waals surface area contributed by atoms with E-state index in [-0.39, 0.29) is 12.5 Å². The second-order valence-electron chi connectivity index (χ2n) is 10.4. The van der Waals surface area contributed by atoms with Crippen molar-refractivity contribution in [2.75, 3.05) is 30.0 Å². The number of pyridine rings is 3. The van der Waals surface area contributed by atoms with Crippen LogP contribution in [0.5, 0.6) is 0 Å². The van der Waals surface area contributed by atoms with Gasteiger partial charge in [0.15, 0.2) is 5.82 Å². The molecule has 11 heteroatoms. The maximum atomic E-state index is 12.2. The fraction of sp³-hybridized carbons (Fsp3) is 0.346. The Kier molecular flexibility index (Phi) is 5.09. The van der Waals surface area contributed by atoms with Crippen molar-refractivity contribution in [3.63, 3.8) is 0 Å². The third-order valence-electron chi connectivity index (χ3n) is 7.31. The largest absolute Gasteiger partial charge is 0.384 e. The lowest BCUT2D eigenvalue weighted by Gasteiger charge is -2.22. The van der Waals surface area contributed by atoms with E-state index < -0.39 is 11.6 Å². The van der Waals surface area contributed by atoms with Gasteiger partial charge < -0.3 is 26.4 Å². The lowest BCUT2D eigenvalue weighted by Crippen LogP contribution is -2.32. The molecule has 2 aliphatic heterocycles. The van der Waals surface area contributed by atoms with Crippen molar-refractivity contribution in [3.8, 4) is 11.3 Å². The van der Waals surface area contributed by atoms with Gasteiger partial charge in [-0.2, -0.15) is 5.10 Å². The lowest BCUT2D eigenvalue weighted by atomic mass is 9.98. The topological polar surface area (TPSA) is 147 Å². The van der Waals surface area contributed by atoms with E-state index in [0.717, 1.165) is 39.7 Å². The Morgan fingerprint density at radius 1 is 1.19 bits per heavy atom. The molecule has 1 unspecified atom stereocenters. The van der Waals surface area contributed by atoms with Crippen LogP contribution in [0.1, 0.15) is 36.9 Å². The number of hydrogen-bond acceptors (Lipinski definition) is 9. The van der Waals surface area contributed by atoms with Crippen molar-refractivity contribution < 1.29 is 9.90 Å². The Labute approximate surface area is 213 Å². The van der Waals surface area contributed by atoms with E-state index in [1.807, 2.05) is 46.0 Å². The standard InChI is InChI=1S/C26H29N9O2/c1-13-16(10-29-23-22(13)32-26(2,3)24(23)37)18-7-14-8-19(28-11-17(14)25(27)30-18)31-20-9-15-5-6-34(4)21(36)12-35(15)33-20/h7-11,24,32,37H,5-6,12H2,1-4H3,(H2,27,30)(H,28,31,33). The molecule has 2 aliphatic rings. The zero-order valence-corrected chi connectivity index (χ0v) is 21.2. The normalized spacial score (nSPS) is 18.4. The molecule has 6 rings (SSSR count). The van der Waals surface area contributed by atoms with Gasteiger partial charge in [0.2, 0.25) is 5.91 Å². The van der Waals surface area contributed by atoms with Crippen LogP contribution in [0.2, 0.25) is 0 Å². The Morgan fingerprint density at radius 3 is 2.81 bits per heavy atom. The third-order valence-corrected chi connectivity index (χ3v) is 7.31. The summed E-state index contributed by atoms with van der Waals surface area (Å²) in [5.74, 6) is 1.65. The highest BCUT2D eigenvalue weighted by atomic mass is 16.3. The molecule has 0 aliphatic carbocycles. The van der Waals surface area contributed by atoms with Crippen LogP contribution in [-0.2, 0) is 17.8 Å². The quantitative estimate of drug-likeness (QED) is 0.334. The van der Waals surface area contributed by atoms with Crippen LogP contribution in [0.25, 0.3) is 22.0 Å². The summed E-state index contributed by atoms with van der Waals surface area (Å²) in [6.45, 7) is 6.77. The van der Waals surface area contributed by atoms with Crippen LogP contribution in [0.4, 0.5) is 23.1 Å². The first-order valence-electron chi connectivity index (χ1n) is 12.2. The Morgan fingerprint density at radius 2 is 2.00 bits per heavy atom. The second-order valence-corrected chi connectivity index (χ2v) is 10.4. The summed E-state index contributed by atoms with van der Waals surface area (Å²) < 4.78 is 1.74. The van der Waals surface area contributed by atoms with E-state index in [0.29, 0.717) is 35.4 Å². The Hall–Kier alpha value is -4.25. The highest BCUT2D eigenvalue weighted by molar-refractivity contribution is 5.95. The number of rotatable bonds is 3. The zero-order valence-electron chi connectivity index (χ0n) is 21.2. The van der Waals surface area contributed by atoms with Crippen LogP contribution >= 0.6 is 0 Å². The second kappa shape index (κ2) is 8.13. The van der Waals surface area contributed by atoms with E-state index >= 15 is 0 Å². The molecule has 4 aromatic heterocycles. The smallest absolute Gasteiger partial charge is 0.244 e. The van der Waals surface area contributed by atoms with E-state index in [4.69, 9.17) is 5.73 Å². The van der Waals surface area contributed by atoms with Crippen molar-refractivity contribution in [1.82, 2.24) is 29.6 Å². The molecule has 0 aromatic carbocycles. The van der Waals surface area contributed by atoms with Gasteiger partial charge in [-0.1, -0.05) is 0 Å². The molecule has 5 N–H and O–H groups in total. The SMILES string of the molecule is Cc1c(-c2cc3cc(Nc4cc5n(n4)CC(=O)N(C)CC5)ncc3c(N)n2)cnc2c1NC(C)(C)C2O. The van der Waals surface area contributed by atoms with Crippen LogP contribution in [0, 0.1) is 6.92 Å². The molecule has 1 atom stereocenters. The summed E-state index contributed by atoms with van der Waals surface area (Å²) in [7, 11) is 1.81. The minimum atomic E-state index is -0.693. The number of hydrogen-bond donors (Lipinski definition) is 4. The van der Waals surface area contributed by atoms with Gasteiger partial charge in [-0.15, -0.1) is 0 Å². The predicted molar refractivity (Wildman–Crippen MR) is 141 cm³/mol. The fourth-order valence-corrected chi connectivity index (χ4v) is 5.00. The number of anilines is 4. The summed E-state index contributed by atoms with van der Waals surface area (Å²) in [6, 6.07) is 5.82. The number of aromatic nitrogens is 5. The van der Waals surface area contributed by atoms with Crippen LogP contribution in [-0.4, -0.2) is 59.8 Å². The van der Waals surface area contributed by atoms with Crippen molar-refractivity contribution >= 4 is 39.8 Å². The first-order chi connectivity index (χ1) is 17.6. The number of aliphatic hydroxyl groups is 1. The van der Waals surface area contributed by atoms with Gasteiger partial charge >= 0.3 is 0 Å². The minimum Gasteiger partial charge on any atom is -0.384 e. The number of fused-ring (bicyclic) bond motifs is 3. The Balaban J connectivity index is 1.34. The molecule has 0 bridgehead atoms. The van der Waals surface area contributed by atoms with Crippen LogP contribution in [0.3, 0.4) is 0 Å². The summed E-state index contributed by atoms with van der Waals surface area (Å²) >= 11 is 0. The summed E-state index contributed by atoms with van der Waals surface area (Å²) in [5.41, 5.74) is 10.8. The number of nitrogens with zero attached hydrogens (tertiary/aromatic N) is 6. The maximum absolute atomic E-state index is 12.2. The molecule has 37 heavy (non-hydrogen) atoms. The van der Waals surface area contributed by atoms with Gasteiger partial charge in [0.25, 0.3) is 0 Å². The highest BCUT2D eigenvalue weighted by Gasteiger charge is 2.40. The molecule has 4 aromatic rings. The summed E-state index contributed by atoms with van der Waals surface area (Å²) in [6.07, 6.45) is 3.48. The van der Waals surface area contributed by atoms with Gasteiger partial charge in [0.1, 0.15) is 24.3 Å². The van der Waals surface area contributed by atoms with E-state index in [9.17, 15) is 9.90 Å². The van der Waals surface area contributed by atoms with Crippen molar-refractivity contribution in [2.45, 2.75) is 45.4 Å². The van der Waals surface area contributed by atoms with Crippen molar-refractivity contribution in [3.05, 3.63) is 47.5 Å². The average molecular weight is 500 g/mol. The minimum absolute atomic E-state index is 0.0392. The van der Waals surface area contributed by atoms with Crippen LogP contribution < -0.4 is 16.4 Å². The van der Waals surface area contributed by atoms with Crippen molar-refractivity contribution in [2.24, 2.45) is 0 Å².